The van der Waals surface area contributed by atoms with Gasteiger partial charge in [0.15, 0.2) is 0 Å². The van der Waals surface area contributed by atoms with Crippen molar-refractivity contribution >= 4 is 21.8 Å². The van der Waals surface area contributed by atoms with Crippen LogP contribution in [0.5, 0.6) is 5.75 Å². The van der Waals surface area contributed by atoms with Gasteiger partial charge in [0.05, 0.1) is 7.11 Å². The lowest BCUT2D eigenvalue weighted by molar-refractivity contribution is -0.131. The van der Waals surface area contributed by atoms with Crippen molar-refractivity contribution in [2.45, 2.75) is 50.7 Å². The number of piperidine rings is 1. The van der Waals surface area contributed by atoms with Gasteiger partial charge >= 0.3 is 0 Å². The minimum Gasteiger partial charge on any atom is -0.496 e. The third-order valence-electron chi connectivity index (χ3n) is 5.11. The number of amides is 1. The Morgan fingerprint density at radius 3 is 2.70 bits per heavy atom. The van der Waals surface area contributed by atoms with E-state index in [1.165, 1.54) is 12.8 Å². The summed E-state index contributed by atoms with van der Waals surface area (Å²) in [5.41, 5.74) is 1.03. The van der Waals surface area contributed by atoms with Crippen LogP contribution in [0.4, 0.5) is 0 Å². The fraction of sp³-hybridized carbons (Fsp3) is 0.611. The van der Waals surface area contributed by atoms with E-state index in [-0.39, 0.29) is 5.91 Å². The van der Waals surface area contributed by atoms with Gasteiger partial charge in [-0.15, -0.1) is 0 Å². The van der Waals surface area contributed by atoms with Gasteiger partial charge in [0.2, 0.25) is 5.91 Å². The Hall–Kier alpha value is -1.07. The summed E-state index contributed by atoms with van der Waals surface area (Å²) in [7, 11) is 3.55. The molecule has 4 nitrogen and oxygen atoms in total. The summed E-state index contributed by atoms with van der Waals surface area (Å²) in [5.74, 6) is 1.60. The van der Waals surface area contributed by atoms with Crippen molar-refractivity contribution < 1.29 is 9.53 Å². The highest BCUT2D eigenvalue weighted by Crippen LogP contribution is 2.33. The summed E-state index contributed by atoms with van der Waals surface area (Å²) >= 11 is 3.49. The molecule has 3 rings (SSSR count). The standard InChI is InChI=1S/C18H25BrN2O2/c1-21(11-13-10-14(19)3-6-17(13)23-2)18(22)9-12-7-15-4-5-16(8-12)20-15/h3,6,10,12,15-16,20H,4-5,7-9,11H2,1-2H3. The predicted molar refractivity (Wildman–Crippen MR) is 94.5 cm³/mol. The van der Waals surface area contributed by atoms with Crippen molar-refractivity contribution in [2.75, 3.05) is 14.2 Å². The molecule has 0 saturated carbocycles. The Balaban J connectivity index is 1.58. The summed E-state index contributed by atoms with van der Waals surface area (Å²) in [6, 6.07) is 7.19. The molecule has 2 aliphatic rings. The summed E-state index contributed by atoms with van der Waals surface area (Å²) in [5, 5.41) is 3.64. The largest absolute Gasteiger partial charge is 0.496 e. The van der Waals surface area contributed by atoms with Crippen LogP contribution in [-0.2, 0) is 11.3 Å². The summed E-state index contributed by atoms with van der Waals surface area (Å²) in [6.45, 7) is 0.583. The number of hydrogen-bond donors (Lipinski definition) is 1. The highest BCUT2D eigenvalue weighted by molar-refractivity contribution is 9.10. The van der Waals surface area contributed by atoms with Crippen LogP contribution in [0.15, 0.2) is 22.7 Å². The normalized spacial score (nSPS) is 26.1. The first-order chi connectivity index (χ1) is 11.0. The fourth-order valence-electron chi connectivity index (χ4n) is 3.96. The van der Waals surface area contributed by atoms with Crippen LogP contribution >= 0.6 is 15.9 Å². The SMILES string of the molecule is COc1ccc(Br)cc1CN(C)C(=O)CC1CC2CCC(C1)N2. The molecule has 1 aromatic rings. The van der Waals surface area contributed by atoms with Crippen molar-refractivity contribution in [3.8, 4) is 5.75 Å². The molecule has 23 heavy (non-hydrogen) atoms. The van der Waals surface area contributed by atoms with E-state index in [0.29, 0.717) is 31.0 Å². The van der Waals surface area contributed by atoms with Gasteiger partial charge in [0.1, 0.15) is 5.75 Å². The number of ether oxygens (including phenoxy) is 1. The molecule has 2 aliphatic heterocycles. The summed E-state index contributed by atoms with van der Waals surface area (Å²) in [4.78, 5) is 14.4. The van der Waals surface area contributed by atoms with Crippen molar-refractivity contribution in [1.29, 1.82) is 0 Å². The van der Waals surface area contributed by atoms with Gasteiger partial charge in [-0.3, -0.25) is 4.79 Å². The number of benzene rings is 1. The lowest BCUT2D eigenvalue weighted by atomic mass is 9.89. The molecule has 126 valence electrons. The highest BCUT2D eigenvalue weighted by Gasteiger charge is 2.34. The lowest BCUT2D eigenvalue weighted by Crippen LogP contribution is -2.39. The number of halogens is 1. The first kappa shape index (κ1) is 16.8. The first-order valence-corrected chi connectivity index (χ1v) is 9.17. The number of methoxy groups -OCH3 is 1. The monoisotopic (exact) mass is 380 g/mol. The van der Waals surface area contributed by atoms with E-state index < -0.39 is 0 Å². The van der Waals surface area contributed by atoms with Crippen LogP contribution in [0.3, 0.4) is 0 Å². The molecular formula is C18H25BrN2O2. The summed E-state index contributed by atoms with van der Waals surface area (Å²) in [6.07, 6.45) is 5.52. The quantitative estimate of drug-likeness (QED) is 0.851. The number of nitrogens with one attached hydrogen (secondary N) is 1. The second-order valence-electron chi connectivity index (χ2n) is 6.89. The van der Waals surface area contributed by atoms with Crippen LogP contribution in [0.2, 0.25) is 0 Å². The van der Waals surface area contributed by atoms with E-state index in [1.807, 2.05) is 30.1 Å². The molecule has 1 N–H and O–H groups in total. The second kappa shape index (κ2) is 7.22. The van der Waals surface area contributed by atoms with Gasteiger partial charge in [0.25, 0.3) is 0 Å². The number of rotatable bonds is 5. The third-order valence-corrected chi connectivity index (χ3v) is 5.60. The lowest BCUT2D eigenvalue weighted by Gasteiger charge is -2.30. The van der Waals surface area contributed by atoms with E-state index in [2.05, 4.69) is 21.2 Å². The van der Waals surface area contributed by atoms with E-state index >= 15 is 0 Å². The maximum Gasteiger partial charge on any atom is 0.222 e. The fourth-order valence-corrected chi connectivity index (χ4v) is 4.37. The Morgan fingerprint density at radius 2 is 2.04 bits per heavy atom. The average Bonchev–Trinajstić information content (AvgIpc) is 2.86. The Morgan fingerprint density at radius 1 is 1.35 bits per heavy atom. The molecule has 2 atom stereocenters. The molecule has 1 aromatic carbocycles. The zero-order valence-corrected chi connectivity index (χ0v) is 15.4. The van der Waals surface area contributed by atoms with Crippen molar-refractivity contribution in [2.24, 2.45) is 5.92 Å². The molecule has 2 saturated heterocycles. The zero-order valence-electron chi connectivity index (χ0n) is 13.8. The smallest absolute Gasteiger partial charge is 0.222 e. The van der Waals surface area contributed by atoms with Gasteiger partial charge in [-0.05, 0) is 49.8 Å². The van der Waals surface area contributed by atoms with E-state index in [4.69, 9.17) is 4.74 Å². The number of nitrogens with zero attached hydrogens (tertiary/aromatic N) is 1. The van der Waals surface area contributed by atoms with E-state index in [0.717, 1.165) is 28.6 Å². The molecule has 0 radical (unpaired) electrons. The van der Waals surface area contributed by atoms with Crippen LogP contribution < -0.4 is 10.1 Å². The van der Waals surface area contributed by atoms with Gasteiger partial charge < -0.3 is 15.0 Å². The molecule has 2 unspecified atom stereocenters. The topological polar surface area (TPSA) is 41.6 Å². The minimum absolute atomic E-state index is 0.235. The second-order valence-corrected chi connectivity index (χ2v) is 7.80. The van der Waals surface area contributed by atoms with Gasteiger partial charge in [-0.25, -0.2) is 0 Å². The van der Waals surface area contributed by atoms with Gasteiger partial charge in [-0.1, -0.05) is 15.9 Å². The molecule has 0 aromatic heterocycles. The minimum atomic E-state index is 0.235. The predicted octanol–water partition coefficient (Wildman–Crippen LogP) is 3.34. The number of fused-ring (bicyclic) bond motifs is 2. The Bertz CT molecular complexity index is 566. The molecule has 2 fully saturated rings. The first-order valence-electron chi connectivity index (χ1n) is 8.37. The van der Waals surface area contributed by atoms with Crippen LogP contribution in [0, 0.1) is 5.92 Å². The molecular weight excluding hydrogens is 356 g/mol. The van der Waals surface area contributed by atoms with Crippen LogP contribution in [0.1, 0.15) is 37.7 Å². The maximum absolute atomic E-state index is 12.6. The zero-order chi connectivity index (χ0) is 16.4. The van der Waals surface area contributed by atoms with Crippen molar-refractivity contribution in [1.82, 2.24) is 10.2 Å². The molecule has 0 aliphatic carbocycles. The summed E-state index contributed by atoms with van der Waals surface area (Å²) < 4.78 is 6.40. The molecule has 0 spiro atoms. The van der Waals surface area contributed by atoms with Crippen molar-refractivity contribution in [3.05, 3.63) is 28.2 Å². The highest BCUT2D eigenvalue weighted by atomic mass is 79.9. The van der Waals surface area contributed by atoms with Crippen LogP contribution in [0.25, 0.3) is 0 Å². The average molecular weight is 381 g/mol. The number of carbonyl (C=O) groups is 1. The van der Waals surface area contributed by atoms with Crippen LogP contribution in [-0.4, -0.2) is 37.0 Å². The molecule has 2 heterocycles. The van der Waals surface area contributed by atoms with E-state index in [9.17, 15) is 4.79 Å². The molecule has 5 heteroatoms. The third kappa shape index (κ3) is 4.07. The molecule has 2 bridgehead atoms. The maximum atomic E-state index is 12.6. The Kier molecular flexibility index (Phi) is 5.27. The molecule has 1 amide bonds. The van der Waals surface area contributed by atoms with Crippen molar-refractivity contribution in [3.63, 3.8) is 0 Å². The van der Waals surface area contributed by atoms with Gasteiger partial charge in [0, 0.05) is 42.1 Å². The number of carbonyl (C=O) groups excluding carboxylic acids is 1. The Labute approximate surface area is 146 Å². The van der Waals surface area contributed by atoms with Gasteiger partial charge in [-0.2, -0.15) is 0 Å². The van der Waals surface area contributed by atoms with E-state index in [1.54, 1.807) is 7.11 Å². The number of hydrogen-bond acceptors (Lipinski definition) is 3.